The fraction of sp³-hybridized carbons (Fsp3) is 0.308. The molecular weight excluding hydrogens is 214 g/mol. The zero-order valence-electron chi connectivity index (χ0n) is 9.76. The van der Waals surface area contributed by atoms with Crippen LogP contribution in [0.1, 0.15) is 23.7 Å². The van der Waals surface area contributed by atoms with Gasteiger partial charge in [0.1, 0.15) is 5.75 Å². The van der Waals surface area contributed by atoms with Crippen molar-refractivity contribution in [1.82, 2.24) is 9.78 Å². The molecule has 88 valence electrons. The Kier molecular flexibility index (Phi) is 2.37. The summed E-state index contributed by atoms with van der Waals surface area (Å²) in [5.74, 6) is 0.856. The highest BCUT2D eigenvalue weighted by molar-refractivity contribution is 5.41. The molecule has 0 radical (unpaired) electrons. The lowest BCUT2D eigenvalue weighted by Gasteiger charge is -2.06. The van der Waals surface area contributed by atoms with Gasteiger partial charge in [-0.15, -0.1) is 0 Å². The Labute approximate surface area is 100 Å². The molecule has 1 aliphatic carbocycles. The molecule has 0 aliphatic heterocycles. The number of nitrogens with two attached hydrogens (primary N) is 1. The molecule has 2 aromatic rings. The third-order valence-electron chi connectivity index (χ3n) is 3.31. The quantitative estimate of drug-likeness (QED) is 0.854. The number of aromatic nitrogens is 2. The van der Waals surface area contributed by atoms with Gasteiger partial charge < -0.3 is 10.5 Å². The fourth-order valence-corrected chi connectivity index (χ4v) is 2.34. The predicted octanol–water partition coefficient (Wildman–Crippen LogP) is 1.83. The monoisotopic (exact) mass is 229 g/mol. The van der Waals surface area contributed by atoms with Gasteiger partial charge in [0.2, 0.25) is 0 Å². The summed E-state index contributed by atoms with van der Waals surface area (Å²) < 4.78 is 7.12. The minimum atomic E-state index is 0.150. The van der Waals surface area contributed by atoms with E-state index in [-0.39, 0.29) is 6.04 Å². The molecule has 4 heteroatoms. The van der Waals surface area contributed by atoms with Crippen LogP contribution in [0.5, 0.6) is 5.75 Å². The van der Waals surface area contributed by atoms with Crippen molar-refractivity contribution in [3.05, 3.63) is 41.7 Å². The zero-order valence-corrected chi connectivity index (χ0v) is 9.76. The summed E-state index contributed by atoms with van der Waals surface area (Å²) in [5, 5.41) is 4.41. The number of rotatable bonds is 2. The van der Waals surface area contributed by atoms with E-state index in [1.54, 1.807) is 7.11 Å². The fourth-order valence-electron chi connectivity index (χ4n) is 2.34. The SMILES string of the molecule is COc1ccc(-n2ncc3c2CCC3N)cc1. The highest BCUT2D eigenvalue weighted by atomic mass is 16.5. The second-order valence-electron chi connectivity index (χ2n) is 4.30. The minimum Gasteiger partial charge on any atom is -0.497 e. The Bertz CT molecular complexity index is 530. The van der Waals surface area contributed by atoms with E-state index in [9.17, 15) is 0 Å². The number of ether oxygens (including phenoxy) is 1. The topological polar surface area (TPSA) is 53.1 Å². The molecule has 0 amide bonds. The van der Waals surface area contributed by atoms with E-state index in [2.05, 4.69) is 5.10 Å². The molecular formula is C13H15N3O. The molecule has 1 aromatic carbocycles. The highest BCUT2D eigenvalue weighted by Crippen LogP contribution is 2.30. The second kappa shape index (κ2) is 3.89. The van der Waals surface area contributed by atoms with Crippen LogP contribution in [0.2, 0.25) is 0 Å². The Morgan fingerprint density at radius 2 is 2.12 bits per heavy atom. The molecule has 0 fully saturated rings. The van der Waals surface area contributed by atoms with Crippen LogP contribution in [0, 0.1) is 0 Å². The molecule has 1 atom stereocenters. The number of benzene rings is 1. The van der Waals surface area contributed by atoms with Crippen molar-refractivity contribution in [2.75, 3.05) is 7.11 Å². The summed E-state index contributed by atoms with van der Waals surface area (Å²) in [6.07, 6.45) is 3.91. The first-order valence-corrected chi connectivity index (χ1v) is 5.76. The molecule has 1 unspecified atom stereocenters. The molecule has 1 heterocycles. The Hall–Kier alpha value is -1.81. The van der Waals surface area contributed by atoms with E-state index >= 15 is 0 Å². The van der Waals surface area contributed by atoms with Crippen LogP contribution >= 0.6 is 0 Å². The number of hydrogen-bond donors (Lipinski definition) is 1. The van der Waals surface area contributed by atoms with Crippen LogP contribution in [0.4, 0.5) is 0 Å². The number of methoxy groups -OCH3 is 1. The Balaban J connectivity index is 2.01. The summed E-state index contributed by atoms with van der Waals surface area (Å²) in [7, 11) is 1.67. The van der Waals surface area contributed by atoms with Crippen LogP contribution in [-0.2, 0) is 6.42 Å². The maximum absolute atomic E-state index is 6.01. The molecule has 2 N–H and O–H groups in total. The van der Waals surface area contributed by atoms with E-state index in [1.165, 1.54) is 11.3 Å². The Morgan fingerprint density at radius 3 is 2.82 bits per heavy atom. The first-order chi connectivity index (χ1) is 8.29. The molecule has 17 heavy (non-hydrogen) atoms. The third-order valence-corrected chi connectivity index (χ3v) is 3.31. The molecule has 1 aliphatic rings. The maximum atomic E-state index is 6.01. The summed E-state index contributed by atoms with van der Waals surface area (Å²) in [6.45, 7) is 0. The van der Waals surface area contributed by atoms with Crippen LogP contribution in [0.25, 0.3) is 5.69 Å². The first-order valence-electron chi connectivity index (χ1n) is 5.76. The standard InChI is InChI=1S/C13H15N3O/c1-17-10-4-2-9(3-5-10)16-13-7-6-12(14)11(13)8-15-16/h2-5,8,12H,6-7,14H2,1H3. The molecule has 4 nitrogen and oxygen atoms in total. The molecule has 3 rings (SSSR count). The molecule has 0 spiro atoms. The molecule has 0 saturated carbocycles. The normalized spacial score (nSPS) is 18.1. The van der Waals surface area contributed by atoms with Gasteiger partial charge in [-0.1, -0.05) is 0 Å². The Morgan fingerprint density at radius 1 is 1.35 bits per heavy atom. The summed E-state index contributed by atoms with van der Waals surface area (Å²) >= 11 is 0. The van der Waals surface area contributed by atoms with Crippen LogP contribution < -0.4 is 10.5 Å². The van der Waals surface area contributed by atoms with Gasteiger partial charge in [-0.05, 0) is 37.1 Å². The smallest absolute Gasteiger partial charge is 0.119 e. The van der Waals surface area contributed by atoms with E-state index in [0.717, 1.165) is 24.3 Å². The maximum Gasteiger partial charge on any atom is 0.119 e. The van der Waals surface area contributed by atoms with Gasteiger partial charge in [-0.2, -0.15) is 5.10 Å². The number of nitrogens with zero attached hydrogens (tertiary/aromatic N) is 2. The van der Waals surface area contributed by atoms with Gasteiger partial charge in [-0.3, -0.25) is 0 Å². The third kappa shape index (κ3) is 1.61. The van der Waals surface area contributed by atoms with Crippen LogP contribution in [-0.4, -0.2) is 16.9 Å². The van der Waals surface area contributed by atoms with Crippen molar-refractivity contribution in [1.29, 1.82) is 0 Å². The first kappa shape index (κ1) is 10.4. The molecule has 1 aromatic heterocycles. The average molecular weight is 229 g/mol. The van der Waals surface area contributed by atoms with Crippen molar-refractivity contribution in [3.8, 4) is 11.4 Å². The van der Waals surface area contributed by atoms with Gasteiger partial charge in [-0.25, -0.2) is 4.68 Å². The van der Waals surface area contributed by atoms with Gasteiger partial charge in [0.25, 0.3) is 0 Å². The van der Waals surface area contributed by atoms with Crippen molar-refractivity contribution in [2.24, 2.45) is 5.73 Å². The van der Waals surface area contributed by atoms with Crippen LogP contribution in [0.3, 0.4) is 0 Å². The highest BCUT2D eigenvalue weighted by Gasteiger charge is 2.24. The van der Waals surface area contributed by atoms with E-state index < -0.39 is 0 Å². The van der Waals surface area contributed by atoms with Gasteiger partial charge >= 0.3 is 0 Å². The van der Waals surface area contributed by atoms with Crippen molar-refractivity contribution >= 4 is 0 Å². The lowest BCUT2D eigenvalue weighted by molar-refractivity contribution is 0.414. The molecule has 0 saturated heterocycles. The van der Waals surface area contributed by atoms with Crippen LogP contribution in [0.15, 0.2) is 30.5 Å². The van der Waals surface area contributed by atoms with Gasteiger partial charge in [0.05, 0.1) is 19.0 Å². The minimum absolute atomic E-state index is 0.150. The lowest BCUT2D eigenvalue weighted by Crippen LogP contribution is -2.03. The summed E-state index contributed by atoms with van der Waals surface area (Å²) in [6, 6.07) is 8.06. The second-order valence-corrected chi connectivity index (χ2v) is 4.30. The van der Waals surface area contributed by atoms with Gasteiger partial charge in [0.15, 0.2) is 0 Å². The van der Waals surface area contributed by atoms with Crippen molar-refractivity contribution < 1.29 is 4.74 Å². The lowest BCUT2D eigenvalue weighted by atomic mass is 10.2. The van der Waals surface area contributed by atoms with E-state index in [0.29, 0.717) is 0 Å². The van der Waals surface area contributed by atoms with E-state index in [4.69, 9.17) is 10.5 Å². The largest absolute Gasteiger partial charge is 0.497 e. The van der Waals surface area contributed by atoms with Gasteiger partial charge in [0, 0.05) is 17.3 Å². The number of fused-ring (bicyclic) bond motifs is 1. The average Bonchev–Trinajstić information content (AvgIpc) is 2.93. The predicted molar refractivity (Wildman–Crippen MR) is 65.4 cm³/mol. The molecule has 0 bridgehead atoms. The summed E-state index contributed by atoms with van der Waals surface area (Å²) in [5.41, 5.74) is 9.49. The van der Waals surface area contributed by atoms with Crippen molar-refractivity contribution in [3.63, 3.8) is 0 Å². The summed E-state index contributed by atoms with van der Waals surface area (Å²) in [4.78, 5) is 0. The number of hydrogen-bond acceptors (Lipinski definition) is 3. The zero-order chi connectivity index (χ0) is 11.8. The van der Waals surface area contributed by atoms with Crippen molar-refractivity contribution in [2.45, 2.75) is 18.9 Å². The van der Waals surface area contributed by atoms with E-state index in [1.807, 2.05) is 35.1 Å².